The molecule has 0 bridgehead atoms. The lowest BCUT2D eigenvalue weighted by Crippen LogP contribution is -2.04. The van der Waals surface area contributed by atoms with E-state index in [1.165, 1.54) is 5.56 Å². The molecule has 0 spiro atoms. The van der Waals surface area contributed by atoms with Crippen molar-refractivity contribution in [1.82, 2.24) is 9.97 Å². The Bertz CT molecular complexity index is 582. The van der Waals surface area contributed by atoms with Crippen LogP contribution in [-0.2, 0) is 0 Å². The number of aryl methyl sites for hydroxylation is 1. The van der Waals surface area contributed by atoms with Gasteiger partial charge in [-0.1, -0.05) is 32.0 Å². The number of nitrogens with one attached hydrogen (secondary N) is 1. The molecule has 0 fully saturated rings. The van der Waals surface area contributed by atoms with E-state index in [0.29, 0.717) is 17.7 Å². The zero-order chi connectivity index (χ0) is 14.5. The zero-order valence-corrected chi connectivity index (χ0v) is 12.5. The lowest BCUT2D eigenvalue weighted by Gasteiger charge is -2.13. The van der Waals surface area contributed by atoms with Gasteiger partial charge in [0.2, 0.25) is 11.8 Å². The van der Waals surface area contributed by atoms with Crippen molar-refractivity contribution in [2.45, 2.75) is 33.6 Å². The molecule has 0 atom stereocenters. The molecular formula is C16H21N3O. The van der Waals surface area contributed by atoms with Crippen molar-refractivity contribution in [2.24, 2.45) is 0 Å². The Morgan fingerprint density at radius 3 is 2.65 bits per heavy atom. The highest BCUT2D eigenvalue weighted by Gasteiger charge is 2.09. The fourth-order valence-electron chi connectivity index (χ4n) is 1.99. The van der Waals surface area contributed by atoms with Crippen LogP contribution >= 0.6 is 0 Å². The average molecular weight is 271 g/mol. The predicted molar refractivity (Wildman–Crippen MR) is 81.5 cm³/mol. The zero-order valence-electron chi connectivity index (χ0n) is 12.5. The SMILES string of the molecule is CCNc1nc(C)cc(Oc2ccccc2C(C)C)n1. The van der Waals surface area contributed by atoms with Crippen LogP contribution in [0.15, 0.2) is 30.3 Å². The van der Waals surface area contributed by atoms with E-state index in [-0.39, 0.29) is 0 Å². The van der Waals surface area contributed by atoms with Gasteiger partial charge in [-0.05, 0) is 31.4 Å². The molecule has 20 heavy (non-hydrogen) atoms. The van der Waals surface area contributed by atoms with Crippen LogP contribution in [0.4, 0.5) is 5.95 Å². The summed E-state index contributed by atoms with van der Waals surface area (Å²) in [6.07, 6.45) is 0. The van der Waals surface area contributed by atoms with E-state index in [2.05, 4.69) is 35.2 Å². The number of para-hydroxylation sites is 1. The van der Waals surface area contributed by atoms with Gasteiger partial charge in [0.15, 0.2) is 0 Å². The molecule has 0 amide bonds. The first kappa shape index (κ1) is 14.3. The number of rotatable bonds is 5. The monoisotopic (exact) mass is 271 g/mol. The maximum absolute atomic E-state index is 5.95. The first-order chi connectivity index (χ1) is 9.60. The summed E-state index contributed by atoms with van der Waals surface area (Å²) in [5.74, 6) is 2.43. The van der Waals surface area contributed by atoms with Gasteiger partial charge in [0.1, 0.15) is 5.75 Å². The van der Waals surface area contributed by atoms with E-state index in [1.54, 1.807) is 0 Å². The quantitative estimate of drug-likeness (QED) is 0.888. The smallest absolute Gasteiger partial charge is 0.226 e. The lowest BCUT2D eigenvalue weighted by molar-refractivity contribution is 0.453. The third kappa shape index (κ3) is 3.47. The Hall–Kier alpha value is -2.10. The number of ether oxygens (including phenoxy) is 1. The molecule has 0 radical (unpaired) electrons. The van der Waals surface area contributed by atoms with Crippen LogP contribution in [0, 0.1) is 6.92 Å². The maximum atomic E-state index is 5.95. The van der Waals surface area contributed by atoms with Gasteiger partial charge in [-0.3, -0.25) is 0 Å². The van der Waals surface area contributed by atoms with Crippen LogP contribution in [0.25, 0.3) is 0 Å². The Labute approximate surface area is 120 Å². The third-order valence-electron chi connectivity index (χ3n) is 2.92. The molecule has 1 aromatic carbocycles. The minimum Gasteiger partial charge on any atom is -0.439 e. The van der Waals surface area contributed by atoms with Gasteiger partial charge >= 0.3 is 0 Å². The van der Waals surface area contributed by atoms with Gasteiger partial charge in [-0.2, -0.15) is 4.98 Å². The summed E-state index contributed by atoms with van der Waals surface area (Å²) in [7, 11) is 0. The van der Waals surface area contributed by atoms with Crippen LogP contribution in [-0.4, -0.2) is 16.5 Å². The average Bonchev–Trinajstić information content (AvgIpc) is 2.38. The van der Waals surface area contributed by atoms with Crippen molar-refractivity contribution in [1.29, 1.82) is 0 Å². The maximum Gasteiger partial charge on any atom is 0.226 e. The van der Waals surface area contributed by atoms with Gasteiger partial charge in [-0.25, -0.2) is 4.98 Å². The molecule has 1 heterocycles. The first-order valence-electron chi connectivity index (χ1n) is 6.96. The van der Waals surface area contributed by atoms with Gasteiger partial charge in [0.05, 0.1) is 0 Å². The summed E-state index contributed by atoms with van der Waals surface area (Å²) < 4.78 is 5.95. The van der Waals surface area contributed by atoms with Gasteiger partial charge in [-0.15, -0.1) is 0 Å². The van der Waals surface area contributed by atoms with E-state index < -0.39 is 0 Å². The number of nitrogens with zero attached hydrogens (tertiary/aromatic N) is 2. The van der Waals surface area contributed by atoms with Crippen molar-refractivity contribution < 1.29 is 4.74 Å². The Kier molecular flexibility index (Phi) is 4.56. The standard InChI is InChI=1S/C16H21N3O/c1-5-17-16-18-12(4)10-15(19-16)20-14-9-7-6-8-13(14)11(2)3/h6-11H,5H2,1-4H3,(H,17,18,19). The molecule has 4 nitrogen and oxygen atoms in total. The fraction of sp³-hybridized carbons (Fsp3) is 0.375. The fourth-order valence-corrected chi connectivity index (χ4v) is 1.99. The molecule has 0 aliphatic rings. The summed E-state index contributed by atoms with van der Waals surface area (Å²) in [6.45, 7) is 9.03. The van der Waals surface area contributed by atoms with E-state index >= 15 is 0 Å². The van der Waals surface area contributed by atoms with Crippen molar-refractivity contribution in [3.8, 4) is 11.6 Å². The Balaban J connectivity index is 2.30. The summed E-state index contributed by atoms with van der Waals surface area (Å²) in [4.78, 5) is 8.70. The van der Waals surface area contributed by atoms with Crippen LogP contribution < -0.4 is 10.1 Å². The van der Waals surface area contributed by atoms with Crippen molar-refractivity contribution >= 4 is 5.95 Å². The molecular weight excluding hydrogens is 250 g/mol. The second kappa shape index (κ2) is 6.37. The molecule has 0 saturated heterocycles. The Morgan fingerprint density at radius 1 is 1.20 bits per heavy atom. The van der Waals surface area contributed by atoms with E-state index in [9.17, 15) is 0 Å². The molecule has 0 unspecified atom stereocenters. The van der Waals surface area contributed by atoms with Crippen LogP contribution in [0.1, 0.15) is 37.9 Å². The number of hydrogen-bond acceptors (Lipinski definition) is 4. The summed E-state index contributed by atoms with van der Waals surface area (Å²) in [5.41, 5.74) is 2.06. The van der Waals surface area contributed by atoms with Crippen LogP contribution in [0.3, 0.4) is 0 Å². The topological polar surface area (TPSA) is 47.0 Å². The molecule has 1 N–H and O–H groups in total. The molecule has 0 saturated carbocycles. The summed E-state index contributed by atoms with van der Waals surface area (Å²) in [6, 6.07) is 9.90. The molecule has 2 aromatic rings. The van der Waals surface area contributed by atoms with Crippen molar-refractivity contribution in [3.63, 3.8) is 0 Å². The molecule has 0 aliphatic carbocycles. The summed E-state index contributed by atoms with van der Waals surface area (Å²) >= 11 is 0. The first-order valence-corrected chi connectivity index (χ1v) is 6.96. The van der Waals surface area contributed by atoms with Crippen molar-refractivity contribution in [3.05, 3.63) is 41.6 Å². The second-order valence-electron chi connectivity index (χ2n) is 5.00. The van der Waals surface area contributed by atoms with Crippen molar-refractivity contribution in [2.75, 3.05) is 11.9 Å². The van der Waals surface area contributed by atoms with E-state index in [0.717, 1.165) is 18.0 Å². The van der Waals surface area contributed by atoms with Crippen LogP contribution in [0.5, 0.6) is 11.6 Å². The number of hydrogen-bond donors (Lipinski definition) is 1. The number of benzene rings is 1. The molecule has 4 heteroatoms. The van der Waals surface area contributed by atoms with Gasteiger partial charge in [0, 0.05) is 18.3 Å². The molecule has 1 aromatic heterocycles. The van der Waals surface area contributed by atoms with E-state index in [1.807, 2.05) is 38.1 Å². The largest absolute Gasteiger partial charge is 0.439 e. The number of aromatic nitrogens is 2. The lowest BCUT2D eigenvalue weighted by atomic mass is 10.0. The number of anilines is 1. The normalized spacial score (nSPS) is 10.7. The summed E-state index contributed by atoms with van der Waals surface area (Å²) in [5, 5.41) is 3.11. The third-order valence-corrected chi connectivity index (χ3v) is 2.92. The Morgan fingerprint density at radius 2 is 1.95 bits per heavy atom. The van der Waals surface area contributed by atoms with E-state index in [4.69, 9.17) is 4.74 Å². The second-order valence-corrected chi connectivity index (χ2v) is 5.00. The molecule has 2 rings (SSSR count). The highest BCUT2D eigenvalue weighted by atomic mass is 16.5. The van der Waals surface area contributed by atoms with Gasteiger partial charge in [0.25, 0.3) is 0 Å². The minimum atomic E-state index is 0.405. The molecule has 106 valence electrons. The molecule has 0 aliphatic heterocycles. The highest BCUT2D eigenvalue weighted by molar-refractivity contribution is 5.39. The van der Waals surface area contributed by atoms with Gasteiger partial charge < -0.3 is 10.1 Å². The highest BCUT2D eigenvalue weighted by Crippen LogP contribution is 2.29. The predicted octanol–water partition coefficient (Wildman–Crippen LogP) is 4.13. The minimum absolute atomic E-state index is 0.405. The van der Waals surface area contributed by atoms with Crippen LogP contribution in [0.2, 0.25) is 0 Å².